The summed E-state index contributed by atoms with van der Waals surface area (Å²) in [5.41, 5.74) is 1.73. The number of furan rings is 1. The fourth-order valence-corrected chi connectivity index (χ4v) is 4.82. The molecule has 5 nitrogen and oxygen atoms in total. The molecule has 2 atom stereocenters. The number of fused-ring (bicyclic) bond motifs is 1. The quantitative estimate of drug-likeness (QED) is 0.878. The summed E-state index contributed by atoms with van der Waals surface area (Å²) in [5.74, 6) is 0.781. The van der Waals surface area contributed by atoms with Crippen molar-refractivity contribution in [2.45, 2.75) is 51.6 Å². The molecule has 5 heteroatoms. The Morgan fingerprint density at radius 2 is 2.07 bits per heavy atom. The van der Waals surface area contributed by atoms with Crippen molar-refractivity contribution >= 4 is 11.8 Å². The Bertz CT molecular complexity index is 829. The highest BCUT2D eigenvalue weighted by Crippen LogP contribution is 2.48. The van der Waals surface area contributed by atoms with E-state index in [1.807, 2.05) is 18.2 Å². The summed E-state index contributed by atoms with van der Waals surface area (Å²) in [6, 6.07) is 12.1. The average molecular weight is 366 g/mol. The minimum Gasteiger partial charge on any atom is -0.469 e. The maximum absolute atomic E-state index is 12.7. The smallest absolute Gasteiger partial charge is 0.254 e. The number of aryl methyl sites for hydroxylation is 1. The molecule has 0 unspecified atom stereocenters. The summed E-state index contributed by atoms with van der Waals surface area (Å²) >= 11 is 0. The summed E-state index contributed by atoms with van der Waals surface area (Å²) in [6.45, 7) is 3.06. The van der Waals surface area contributed by atoms with Crippen LogP contribution in [0.15, 0.2) is 47.1 Å². The van der Waals surface area contributed by atoms with Crippen LogP contribution in [0.3, 0.4) is 0 Å². The van der Waals surface area contributed by atoms with Crippen LogP contribution in [-0.2, 0) is 11.3 Å². The van der Waals surface area contributed by atoms with Gasteiger partial charge in [-0.3, -0.25) is 9.59 Å². The van der Waals surface area contributed by atoms with E-state index in [0.717, 1.165) is 31.2 Å². The Balaban J connectivity index is 1.50. The first-order chi connectivity index (χ1) is 13.1. The van der Waals surface area contributed by atoms with Crippen LogP contribution in [0, 0.1) is 12.3 Å². The predicted molar refractivity (Wildman–Crippen MR) is 102 cm³/mol. The molecule has 1 aliphatic heterocycles. The molecule has 2 aromatic rings. The lowest BCUT2D eigenvalue weighted by atomic mass is 9.74. The number of hydrogen-bond acceptors (Lipinski definition) is 3. The molecule has 0 radical (unpaired) electrons. The van der Waals surface area contributed by atoms with Crippen LogP contribution in [0.4, 0.5) is 0 Å². The van der Waals surface area contributed by atoms with Crippen molar-refractivity contribution in [2.75, 3.05) is 6.54 Å². The Morgan fingerprint density at radius 1 is 1.26 bits per heavy atom. The van der Waals surface area contributed by atoms with Gasteiger partial charge in [0.05, 0.1) is 11.8 Å². The molecule has 1 aromatic carbocycles. The Labute approximate surface area is 159 Å². The molecule has 4 rings (SSSR count). The molecule has 1 aromatic heterocycles. The van der Waals surface area contributed by atoms with Crippen LogP contribution in [0.2, 0.25) is 0 Å². The number of rotatable bonds is 5. The van der Waals surface area contributed by atoms with Crippen molar-refractivity contribution < 1.29 is 14.0 Å². The molecule has 2 fully saturated rings. The maximum Gasteiger partial charge on any atom is 0.254 e. The normalized spacial score (nSPS) is 24.7. The molecule has 2 amide bonds. The van der Waals surface area contributed by atoms with Crippen LogP contribution in [0.25, 0.3) is 0 Å². The van der Waals surface area contributed by atoms with Crippen molar-refractivity contribution in [3.8, 4) is 0 Å². The van der Waals surface area contributed by atoms with Crippen LogP contribution >= 0.6 is 0 Å². The van der Waals surface area contributed by atoms with Crippen molar-refractivity contribution in [1.82, 2.24) is 10.2 Å². The fourth-order valence-electron chi connectivity index (χ4n) is 4.82. The monoisotopic (exact) mass is 366 g/mol. The molecule has 27 heavy (non-hydrogen) atoms. The number of nitrogens with one attached hydrogen (secondary N) is 1. The van der Waals surface area contributed by atoms with Gasteiger partial charge in [-0.2, -0.15) is 0 Å². The van der Waals surface area contributed by atoms with Crippen molar-refractivity contribution in [2.24, 2.45) is 5.41 Å². The number of carbonyl (C=O) groups excluding carboxylic acids is 2. The van der Waals surface area contributed by atoms with E-state index in [2.05, 4.69) is 22.3 Å². The zero-order valence-electron chi connectivity index (χ0n) is 15.7. The second-order valence-corrected chi connectivity index (χ2v) is 7.85. The van der Waals surface area contributed by atoms with Gasteiger partial charge in [0.25, 0.3) is 5.91 Å². The van der Waals surface area contributed by atoms with Gasteiger partial charge < -0.3 is 14.6 Å². The standard InChI is InChI=1S/C22H26N2O3/c1-16-18(10-13-27-16)21(26)23-15-22-11-5-8-19(22)24(20(25)9-12-22)14-17-6-3-2-4-7-17/h2-4,6-7,10,13,19H,5,8-9,11-12,14-15H2,1H3,(H,23,26)/t19-,22+/m1/s1. The van der Waals surface area contributed by atoms with Crippen LogP contribution in [0.5, 0.6) is 0 Å². The van der Waals surface area contributed by atoms with E-state index in [4.69, 9.17) is 4.42 Å². The Kier molecular flexibility index (Phi) is 4.77. The molecule has 1 N–H and O–H groups in total. The lowest BCUT2D eigenvalue weighted by molar-refractivity contribution is -0.142. The fraction of sp³-hybridized carbons (Fsp3) is 0.455. The first-order valence-corrected chi connectivity index (χ1v) is 9.75. The second-order valence-electron chi connectivity index (χ2n) is 7.85. The van der Waals surface area contributed by atoms with Gasteiger partial charge in [0.1, 0.15) is 5.76 Å². The molecule has 1 saturated heterocycles. The molecular formula is C22H26N2O3. The molecule has 142 valence electrons. The van der Waals surface area contributed by atoms with Gasteiger partial charge in [-0.1, -0.05) is 36.8 Å². The van der Waals surface area contributed by atoms with Crippen molar-refractivity contribution in [3.05, 3.63) is 59.5 Å². The number of nitrogens with zero attached hydrogens (tertiary/aromatic N) is 1. The third-order valence-corrected chi connectivity index (χ3v) is 6.29. The van der Waals surface area contributed by atoms with Gasteiger partial charge in [-0.05, 0) is 37.8 Å². The van der Waals surface area contributed by atoms with Gasteiger partial charge >= 0.3 is 0 Å². The number of likely N-dealkylation sites (tertiary alicyclic amines) is 1. The number of carbonyl (C=O) groups is 2. The molecular weight excluding hydrogens is 340 g/mol. The lowest BCUT2D eigenvalue weighted by Crippen LogP contribution is -2.55. The van der Waals surface area contributed by atoms with E-state index in [1.165, 1.54) is 0 Å². The summed E-state index contributed by atoms with van der Waals surface area (Å²) < 4.78 is 5.25. The van der Waals surface area contributed by atoms with Gasteiger partial charge in [0.2, 0.25) is 5.91 Å². The van der Waals surface area contributed by atoms with Crippen molar-refractivity contribution in [1.29, 1.82) is 0 Å². The zero-order valence-corrected chi connectivity index (χ0v) is 15.7. The summed E-state index contributed by atoms with van der Waals surface area (Å²) in [5, 5.41) is 3.12. The number of amides is 2. The van der Waals surface area contributed by atoms with Crippen LogP contribution in [0.1, 0.15) is 53.8 Å². The van der Waals surface area contributed by atoms with Crippen molar-refractivity contribution in [3.63, 3.8) is 0 Å². The SMILES string of the molecule is Cc1occc1C(=O)NC[C@@]12CCC[C@H]1N(Cc1ccccc1)C(=O)CC2. The van der Waals surface area contributed by atoms with E-state index >= 15 is 0 Å². The Morgan fingerprint density at radius 3 is 2.81 bits per heavy atom. The molecule has 2 aliphatic rings. The van der Waals surface area contributed by atoms with Gasteiger partial charge in [-0.15, -0.1) is 0 Å². The highest BCUT2D eigenvalue weighted by Gasteiger charge is 2.50. The highest BCUT2D eigenvalue weighted by atomic mass is 16.3. The molecule has 0 spiro atoms. The Hall–Kier alpha value is -2.56. The first kappa shape index (κ1) is 17.8. The number of piperidine rings is 1. The van der Waals surface area contributed by atoms with E-state index in [9.17, 15) is 9.59 Å². The lowest BCUT2D eigenvalue weighted by Gasteiger charge is -2.46. The molecule has 1 saturated carbocycles. The largest absolute Gasteiger partial charge is 0.469 e. The zero-order chi connectivity index (χ0) is 18.9. The van der Waals surface area contributed by atoms with Gasteiger partial charge in [0.15, 0.2) is 0 Å². The topological polar surface area (TPSA) is 62.6 Å². The van der Waals surface area contributed by atoms with Gasteiger partial charge in [-0.25, -0.2) is 0 Å². The third-order valence-electron chi connectivity index (χ3n) is 6.29. The van der Waals surface area contributed by atoms with E-state index in [-0.39, 0.29) is 23.3 Å². The average Bonchev–Trinajstić information content (AvgIpc) is 3.30. The summed E-state index contributed by atoms with van der Waals surface area (Å²) in [7, 11) is 0. The molecule has 0 bridgehead atoms. The number of benzene rings is 1. The molecule has 1 aliphatic carbocycles. The second kappa shape index (κ2) is 7.22. The van der Waals surface area contributed by atoms with E-state index in [1.54, 1.807) is 19.3 Å². The summed E-state index contributed by atoms with van der Waals surface area (Å²) in [4.78, 5) is 27.3. The summed E-state index contributed by atoms with van der Waals surface area (Å²) in [6.07, 6.45) is 6.13. The van der Waals surface area contributed by atoms with E-state index < -0.39 is 0 Å². The molecule has 2 heterocycles. The van der Waals surface area contributed by atoms with Crippen LogP contribution < -0.4 is 5.32 Å². The minimum atomic E-state index is -0.0900. The third kappa shape index (κ3) is 3.38. The first-order valence-electron chi connectivity index (χ1n) is 9.75. The highest BCUT2D eigenvalue weighted by molar-refractivity contribution is 5.95. The van der Waals surface area contributed by atoms with E-state index in [0.29, 0.717) is 30.8 Å². The van der Waals surface area contributed by atoms with Gasteiger partial charge in [0, 0.05) is 31.0 Å². The predicted octanol–water partition coefficient (Wildman–Crippen LogP) is 3.68. The maximum atomic E-state index is 12.7. The number of hydrogen-bond donors (Lipinski definition) is 1. The minimum absolute atomic E-state index is 0.0179. The van der Waals surface area contributed by atoms with Crippen LogP contribution in [-0.4, -0.2) is 29.3 Å².